The summed E-state index contributed by atoms with van der Waals surface area (Å²) in [5.74, 6) is -0.0552. The van der Waals surface area contributed by atoms with Gasteiger partial charge in [-0.2, -0.15) is 5.26 Å². The van der Waals surface area contributed by atoms with Crippen LogP contribution in [0.15, 0.2) is 0 Å². The van der Waals surface area contributed by atoms with E-state index in [9.17, 15) is 9.90 Å². The van der Waals surface area contributed by atoms with Crippen molar-refractivity contribution in [2.45, 2.75) is 52.0 Å². The molecule has 0 spiro atoms. The topological polar surface area (TPSA) is 73.1 Å². The van der Waals surface area contributed by atoms with E-state index in [0.717, 1.165) is 25.7 Å². The average molecular weight is 238 g/mol. The van der Waals surface area contributed by atoms with Crippen LogP contribution < -0.4 is 5.32 Å². The van der Waals surface area contributed by atoms with Gasteiger partial charge in [0.15, 0.2) is 0 Å². The first-order valence-corrected chi connectivity index (χ1v) is 6.40. The molecule has 1 amide bonds. The second-order valence-electron chi connectivity index (χ2n) is 5.10. The number of hydrogen-bond donors (Lipinski definition) is 2. The predicted octanol–water partition coefficient (Wildman–Crippen LogP) is 1.59. The first kappa shape index (κ1) is 14.0. The van der Waals surface area contributed by atoms with Gasteiger partial charge in [0.25, 0.3) is 0 Å². The van der Waals surface area contributed by atoms with Gasteiger partial charge in [0.2, 0.25) is 5.91 Å². The normalized spacial score (nSPS) is 27.9. The first-order valence-electron chi connectivity index (χ1n) is 6.40. The molecule has 3 atom stereocenters. The van der Waals surface area contributed by atoms with Crippen molar-refractivity contribution >= 4 is 5.91 Å². The zero-order valence-electron chi connectivity index (χ0n) is 10.7. The minimum absolute atomic E-state index is 0.0282. The minimum Gasteiger partial charge on any atom is -0.396 e. The lowest BCUT2D eigenvalue weighted by atomic mass is 9.83. The Balaban J connectivity index is 2.64. The molecule has 17 heavy (non-hydrogen) atoms. The molecule has 2 N–H and O–H groups in total. The van der Waals surface area contributed by atoms with Crippen LogP contribution in [0.4, 0.5) is 0 Å². The third-order valence-corrected chi connectivity index (χ3v) is 3.92. The second-order valence-corrected chi connectivity index (χ2v) is 5.10. The average Bonchev–Trinajstić information content (AvgIpc) is 2.38. The highest BCUT2D eigenvalue weighted by atomic mass is 16.3. The van der Waals surface area contributed by atoms with Crippen molar-refractivity contribution in [3.8, 4) is 6.07 Å². The molecule has 3 unspecified atom stereocenters. The van der Waals surface area contributed by atoms with E-state index >= 15 is 0 Å². The first-order chi connectivity index (χ1) is 8.07. The number of aliphatic hydroxyl groups is 1. The van der Waals surface area contributed by atoms with Crippen LogP contribution >= 0.6 is 0 Å². The Bertz CT molecular complexity index is 311. The molecule has 0 radical (unpaired) electrons. The smallest absolute Gasteiger partial charge is 0.240 e. The molecular weight excluding hydrogens is 216 g/mol. The molecular formula is C13H22N2O2. The lowest BCUT2D eigenvalue weighted by molar-refractivity contribution is -0.129. The SMILES string of the molecule is CCC(C)(C#N)C(=O)NC1CCCCC1CO. The number of hydrogen-bond acceptors (Lipinski definition) is 3. The Morgan fingerprint density at radius 2 is 2.18 bits per heavy atom. The van der Waals surface area contributed by atoms with Crippen molar-refractivity contribution < 1.29 is 9.90 Å². The Kier molecular flexibility index (Phi) is 4.95. The van der Waals surface area contributed by atoms with E-state index < -0.39 is 5.41 Å². The lowest BCUT2D eigenvalue weighted by Crippen LogP contribution is -2.48. The van der Waals surface area contributed by atoms with Crippen LogP contribution in [-0.4, -0.2) is 23.7 Å². The summed E-state index contributed by atoms with van der Waals surface area (Å²) in [6, 6.07) is 2.10. The van der Waals surface area contributed by atoms with Crippen LogP contribution in [0, 0.1) is 22.7 Å². The molecule has 0 aromatic carbocycles. The monoisotopic (exact) mass is 238 g/mol. The Morgan fingerprint density at radius 3 is 2.71 bits per heavy atom. The van der Waals surface area contributed by atoms with Crippen molar-refractivity contribution in [1.29, 1.82) is 5.26 Å². The Labute approximate surface area is 103 Å². The summed E-state index contributed by atoms with van der Waals surface area (Å²) in [7, 11) is 0. The summed E-state index contributed by atoms with van der Waals surface area (Å²) in [5.41, 5.74) is -0.947. The van der Waals surface area contributed by atoms with Crippen LogP contribution in [0.1, 0.15) is 46.0 Å². The highest BCUT2D eigenvalue weighted by Crippen LogP contribution is 2.26. The van der Waals surface area contributed by atoms with Gasteiger partial charge in [0.1, 0.15) is 5.41 Å². The van der Waals surface area contributed by atoms with E-state index in [-0.39, 0.29) is 24.5 Å². The van der Waals surface area contributed by atoms with Crippen LogP contribution in [0.2, 0.25) is 0 Å². The molecule has 1 aliphatic rings. The van der Waals surface area contributed by atoms with Gasteiger partial charge in [-0.25, -0.2) is 0 Å². The molecule has 0 bridgehead atoms. The number of nitrogens with one attached hydrogen (secondary N) is 1. The minimum atomic E-state index is -0.947. The summed E-state index contributed by atoms with van der Waals surface area (Å²) in [4.78, 5) is 12.0. The molecule has 1 fully saturated rings. The third kappa shape index (κ3) is 3.19. The zero-order valence-corrected chi connectivity index (χ0v) is 10.7. The van der Waals surface area contributed by atoms with E-state index in [2.05, 4.69) is 11.4 Å². The zero-order chi connectivity index (χ0) is 12.9. The fourth-order valence-corrected chi connectivity index (χ4v) is 2.23. The number of amides is 1. The van der Waals surface area contributed by atoms with Crippen molar-refractivity contribution in [2.24, 2.45) is 11.3 Å². The van der Waals surface area contributed by atoms with E-state index in [1.54, 1.807) is 6.92 Å². The molecule has 0 aliphatic heterocycles. The van der Waals surface area contributed by atoms with Gasteiger partial charge in [-0.05, 0) is 26.2 Å². The third-order valence-electron chi connectivity index (χ3n) is 3.92. The number of nitrogens with zero attached hydrogens (tertiary/aromatic N) is 1. The largest absolute Gasteiger partial charge is 0.396 e. The van der Waals surface area contributed by atoms with Gasteiger partial charge >= 0.3 is 0 Å². The van der Waals surface area contributed by atoms with Crippen molar-refractivity contribution in [2.75, 3.05) is 6.61 Å². The Hall–Kier alpha value is -1.08. The summed E-state index contributed by atoms with van der Waals surface area (Å²) in [5, 5.41) is 21.3. The maximum Gasteiger partial charge on any atom is 0.240 e. The van der Waals surface area contributed by atoms with Crippen LogP contribution in [0.3, 0.4) is 0 Å². The maximum atomic E-state index is 12.0. The van der Waals surface area contributed by atoms with Gasteiger partial charge in [-0.3, -0.25) is 4.79 Å². The molecule has 0 aromatic heterocycles. The molecule has 96 valence electrons. The van der Waals surface area contributed by atoms with Crippen LogP contribution in [-0.2, 0) is 4.79 Å². The number of carbonyl (C=O) groups excluding carboxylic acids is 1. The van der Waals surface area contributed by atoms with Crippen LogP contribution in [0.25, 0.3) is 0 Å². The van der Waals surface area contributed by atoms with Crippen molar-refractivity contribution in [1.82, 2.24) is 5.32 Å². The number of aliphatic hydroxyl groups excluding tert-OH is 1. The molecule has 4 nitrogen and oxygen atoms in total. The van der Waals surface area contributed by atoms with E-state index in [1.165, 1.54) is 0 Å². The van der Waals surface area contributed by atoms with E-state index in [0.29, 0.717) is 6.42 Å². The molecule has 1 saturated carbocycles. The molecule has 0 heterocycles. The Morgan fingerprint density at radius 1 is 1.53 bits per heavy atom. The lowest BCUT2D eigenvalue weighted by Gasteiger charge is -2.33. The van der Waals surface area contributed by atoms with Gasteiger partial charge in [-0.1, -0.05) is 19.8 Å². The van der Waals surface area contributed by atoms with Crippen molar-refractivity contribution in [3.05, 3.63) is 0 Å². The molecule has 0 aromatic rings. The van der Waals surface area contributed by atoms with Gasteiger partial charge in [0.05, 0.1) is 6.07 Å². The summed E-state index contributed by atoms with van der Waals surface area (Å²) >= 11 is 0. The molecule has 1 rings (SSSR count). The highest BCUT2D eigenvalue weighted by Gasteiger charge is 2.34. The van der Waals surface area contributed by atoms with Gasteiger partial charge in [0, 0.05) is 18.6 Å². The summed E-state index contributed by atoms with van der Waals surface area (Å²) < 4.78 is 0. The quantitative estimate of drug-likeness (QED) is 0.781. The van der Waals surface area contributed by atoms with Gasteiger partial charge < -0.3 is 10.4 Å². The van der Waals surface area contributed by atoms with E-state index in [4.69, 9.17) is 5.26 Å². The predicted molar refractivity (Wildman–Crippen MR) is 65.0 cm³/mol. The van der Waals surface area contributed by atoms with E-state index in [1.807, 2.05) is 6.92 Å². The van der Waals surface area contributed by atoms with Crippen LogP contribution in [0.5, 0.6) is 0 Å². The number of nitriles is 1. The fourth-order valence-electron chi connectivity index (χ4n) is 2.23. The van der Waals surface area contributed by atoms with Gasteiger partial charge in [-0.15, -0.1) is 0 Å². The molecule has 0 saturated heterocycles. The maximum absolute atomic E-state index is 12.0. The van der Waals surface area contributed by atoms with Crippen molar-refractivity contribution in [3.63, 3.8) is 0 Å². The second kappa shape index (κ2) is 6.02. The summed E-state index contributed by atoms with van der Waals surface area (Å²) in [6.45, 7) is 3.62. The number of carbonyl (C=O) groups is 1. The highest BCUT2D eigenvalue weighted by molar-refractivity contribution is 5.85. The summed E-state index contributed by atoms with van der Waals surface area (Å²) in [6.07, 6.45) is 4.56. The fraction of sp³-hybridized carbons (Fsp3) is 0.846. The number of rotatable bonds is 4. The molecule has 1 aliphatic carbocycles. The molecule has 4 heteroatoms. The standard InChI is InChI=1S/C13H22N2O2/c1-3-13(2,9-14)12(17)15-11-7-5-4-6-10(11)8-16/h10-11,16H,3-8H2,1-2H3,(H,15,17).